The predicted octanol–water partition coefficient (Wildman–Crippen LogP) is 2.90. The monoisotopic (exact) mass is 296 g/mol. The summed E-state index contributed by atoms with van der Waals surface area (Å²) in [5.41, 5.74) is 0.908. The van der Waals surface area contributed by atoms with E-state index in [1.54, 1.807) is 12.1 Å². The number of hydrogen-bond donors (Lipinski definition) is 1. The largest absolute Gasteiger partial charge is 0.484 e. The maximum atomic E-state index is 11.0. The minimum absolute atomic E-state index is 0.0161. The van der Waals surface area contributed by atoms with Crippen LogP contribution in [-0.4, -0.2) is 30.3 Å². The summed E-state index contributed by atoms with van der Waals surface area (Å²) in [7, 11) is 0. The van der Waals surface area contributed by atoms with Crippen LogP contribution in [-0.2, 0) is 11.3 Å². The van der Waals surface area contributed by atoms with E-state index >= 15 is 0 Å². The summed E-state index contributed by atoms with van der Waals surface area (Å²) in [6.07, 6.45) is 0. The highest BCUT2D eigenvalue weighted by atomic mass is 16.6. The Kier molecular flexibility index (Phi) is 6.58. The van der Waals surface area contributed by atoms with E-state index in [9.17, 15) is 10.1 Å². The Bertz CT molecular complexity index is 469. The van der Waals surface area contributed by atoms with E-state index < -0.39 is 4.92 Å². The van der Waals surface area contributed by atoms with Gasteiger partial charge in [-0.15, -0.1) is 0 Å². The first-order valence-corrected chi connectivity index (χ1v) is 7.06. The molecular formula is C15H24N2O4. The molecule has 1 aromatic rings. The fourth-order valence-corrected chi connectivity index (χ4v) is 1.66. The number of rotatable bonds is 8. The van der Waals surface area contributed by atoms with Gasteiger partial charge in [-0.2, -0.15) is 0 Å². The third kappa shape index (κ3) is 6.55. The second kappa shape index (κ2) is 7.95. The van der Waals surface area contributed by atoms with Gasteiger partial charge in [0.1, 0.15) is 6.61 Å². The van der Waals surface area contributed by atoms with Crippen LogP contribution in [0.4, 0.5) is 5.69 Å². The molecule has 118 valence electrons. The van der Waals surface area contributed by atoms with Gasteiger partial charge in [0.05, 0.1) is 11.5 Å². The first kappa shape index (κ1) is 17.4. The average molecular weight is 296 g/mol. The fourth-order valence-electron chi connectivity index (χ4n) is 1.66. The summed E-state index contributed by atoms with van der Waals surface area (Å²) < 4.78 is 10.6. The van der Waals surface area contributed by atoms with Gasteiger partial charge in [0.2, 0.25) is 0 Å². The summed E-state index contributed by atoms with van der Waals surface area (Å²) >= 11 is 0. The smallest absolute Gasteiger partial charge is 0.310 e. The highest BCUT2D eigenvalue weighted by Gasteiger charge is 2.16. The van der Waals surface area contributed by atoms with Crippen molar-refractivity contribution in [3.05, 3.63) is 33.9 Å². The molecule has 1 N–H and O–H groups in total. The van der Waals surface area contributed by atoms with Crippen molar-refractivity contribution < 1.29 is 14.4 Å². The lowest BCUT2D eigenvalue weighted by atomic mass is 10.1. The zero-order valence-electron chi connectivity index (χ0n) is 13.1. The number of benzene rings is 1. The lowest BCUT2D eigenvalue weighted by Crippen LogP contribution is -2.35. The molecule has 6 heteroatoms. The second-order valence-electron chi connectivity index (χ2n) is 5.71. The summed E-state index contributed by atoms with van der Waals surface area (Å²) in [6.45, 7) is 10.0. The van der Waals surface area contributed by atoms with Crippen molar-refractivity contribution in [2.75, 3.05) is 19.8 Å². The van der Waals surface area contributed by atoms with E-state index in [1.807, 2.05) is 6.92 Å². The molecule has 0 unspecified atom stereocenters. The minimum atomic E-state index is -0.434. The summed E-state index contributed by atoms with van der Waals surface area (Å²) in [5.74, 6) is 0.285. The van der Waals surface area contributed by atoms with Gasteiger partial charge >= 0.3 is 5.69 Å². The van der Waals surface area contributed by atoms with E-state index in [1.165, 1.54) is 6.07 Å². The van der Waals surface area contributed by atoms with Crippen LogP contribution in [0.15, 0.2) is 18.2 Å². The zero-order valence-corrected chi connectivity index (χ0v) is 13.1. The Morgan fingerprint density at radius 1 is 1.29 bits per heavy atom. The van der Waals surface area contributed by atoms with Gasteiger partial charge in [-0.1, -0.05) is 6.07 Å². The number of nitro groups is 1. The molecule has 0 fully saturated rings. The fraction of sp³-hybridized carbons (Fsp3) is 0.600. The molecule has 0 aliphatic carbocycles. The molecule has 21 heavy (non-hydrogen) atoms. The first-order valence-electron chi connectivity index (χ1n) is 7.06. The van der Waals surface area contributed by atoms with Crippen LogP contribution in [0.1, 0.15) is 33.3 Å². The van der Waals surface area contributed by atoms with Crippen molar-refractivity contribution in [1.29, 1.82) is 0 Å². The van der Waals surface area contributed by atoms with E-state index in [4.69, 9.17) is 9.47 Å². The molecule has 0 radical (unpaired) electrons. The number of ether oxygens (including phenoxy) is 2. The van der Waals surface area contributed by atoms with Gasteiger partial charge in [-0.25, -0.2) is 0 Å². The maximum absolute atomic E-state index is 11.0. The molecule has 0 aromatic heterocycles. The topological polar surface area (TPSA) is 73.6 Å². The molecular weight excluding hydrogens is 272 g/mol. The zero-order chi connectivity index (χ0) is 15.9. The van der Waals surface area contributed by atoms with Crippen molar-refractivity contribution in [2.45, 2.75) is 39.8 Å². The summed E-state index contributed by atoms with van der Waals surface area (Å²) in [4.78, 5) is 10.6. The molecule has 1 rings (SSSR count). The molecule has 0 saturated carbocycles. The van der Waals surface area contributed by atoms with Crippen molar-refractivity contribution in [1.82, 2.24) is 5.32 Å². The van der Waals surface area contributed by atoms with E-state index in [-0.39, 0.29) is 17.0 Å². The molecule has 0 aliphatic rings. The molecule has 6 nitrogen and oxygen atoms in total. The quantitative estimate of drug-likeness (QED) is 0.453. The van der Waals surface area contributed by atoms with Crippen molar-refractivity contribution in [3.63, 3.8) is 0 Å². The van der Waals surface area contributed by atoms with Gasteiger partial charge < -0.3 is 14.8 Å². The SMILES string of the molecule is CCOCCOc1cc(CNC(C)(C)C)ccc1[N+](=O)[O-]. The second-order valence-corrected chi connectivity index (χ2v) is 5.71. The normalized spacial score (nSPS) is 11.4. The lowest BCUT2D eigenvalue weighted by Gasteiger charge is -2.20. The number of nitro benzene ring substituents is 1. The summed E-state index contributed by atoms with van der Waals surface area (Å²) in [5, 5.41) is 14.4. The van der Waals surface area contributed by atoms with Crippen LogP contribution >= 0.6 is 0 Å². The van der Waals surface area contributed by atoms with E-state index in [0.29, 0.717) is 26.4 Å². The predicted molar refractivity (Wildman–Crippen MR) is 81.7 cm³/mol. The minimum Gasteiger partial charge on any atom is -0.484 e. The maximum Gasteiger partial charge on any atom is 0.310 e. The van der Waals surface area contributed by atoms with Gasteiger partial charge in [0, 0.05) is 24.8 Å². The molecule has 1 aromatic carbocycles. The van der Waals surface area contributed by atoms with Gasteiger partial charge in [0.25, 0.3) is 0 Å². The lowest BCUT2D eigenvalue weighted by molar-refractivity contribution is -0.385. The third-order valence-corrected chi connectivity index (χ3v) is 2.73. The Morgan fingerprint density at radius 3 is 2.57 bits per heavy atom. The Balaban J connectivity index is 2.77. The molecule has 0 spiro atoms. The Hall–Kier alpha value is -1.66. The van der Waals surface area contributed by atoms with E-state index in [2.05, 4.69) is 26.1 Å². The Morgan fingerprint density at radius 2 is 2.00 bits per heavy atom. The van der Waals surface area contributed by atoms with Crippen LogP contribution in [0.5, 0.6) is 5.75 Å². The highest BCUT2D eigenvalue weighted by Crippen LogP contribution is 2.28. The van der Waals surface area contributed by atoms with Crippen molar-refractivity contribution in [3.8, 4) is 5.75 Å². The standard InChI is InChI=1S/C15H24N2O4/c1-5-20-8-9-21-14-10-12(11-16-15(2,3)4)6-7-13(14)17(18)19/h6-7,10,16H,5,8-9,11H2,1-4H3. The third-order valence-electron chi connectivity index (χ3n) is 2.73. The van der Waals surface area contributed by atoms with Gasteiger partial charge in [-0.3, -0.25) is 10.1 Å². The summed E-state index contributed by atoms with van der Waals surface area (Å²) in [6, 6.07) is 4.94. The first-order chi connectivity index (χ1) is 9.83. The molecule has 0 amide bonds. The molecule has 0 atom stereocenters. The molecule has 0 saturated heterocycles. The number of nitrogens with zero attached hydrogens (tertiary/aromatic N) is 1. The number of hydrogen-bond acceptors (Lipinski definition) is 5. The van der Waals surface area contributed by atoms with Crippen molar-refractivity contribution >= 4 is 5.69 Å². The van der Waals surface area contributed by atoms with E-state index in [0.717, 1.165) is 5.56 Å². The van der Waals surface area contributed by atoms with Gasteiger partial charge in [-0.05, 0) is 39.3 Å². The molecule has 0 heterocycles. The van der Waals surface area contributed by atoms with Crippen LogP contribution in [0.2, 0.25) is 0 Å². The van der Waals surface area contributed by atoms with Gasteiger partial charge in [0.15, 0.2) is 5.75 Å². The van der Waals surface area contributed by atoms with Crippen LogP contribution in [0.25, 0.3) is 0 Å². The van der Waals surface area contributed by atoms with Crippen molar-refractivity contribution in [2.24, 2.45) is 0 Å². The molecule has 0 aliphatic heterocycles. The van der Waals surface area contributed by atoms with Crippen LogP contribution in [0.3, 0.4) is 0 Å². The Labute approximate surface area is 125 Å². The average Bonchev–Trinajstić information content (AvgIpc) is 2.40. The van der Waals surface area contributed by atoms with Crippen LogP contribution in [0, 0.1) is 10.1 Å². The molecule has 0 bridgehead atoms. The number of nitrogens with one attached hydrogen (secondary N) is 1. The van der Waals surface area contributed by atoms with Crippen LogP contribution < -0.4 is 10.1 Å². The highest BCUT2D eigenvalue weighted by molar-refractivity contribution is 5.48.